The van der Waals surface area contributed by atoms with E-state index in [2.05, 4.69) is 51.8 Å². The zero-order chi connectivity index (χ0) is 21.2. The highest BCUT2D eigenvalue weighted by Gasteiger charge is 2.27. The average molecular weight is 434 g/mol. The van der Waals surface area contributed by atoms with E-state index in [4.69, 9.17) is 4.74 Å². The van der Waals surface area contributed by atoms with Crippen LogP contribution in [0.2, 0.25) is 0 Å². The lowest BCUT2D eigenvalue weighted by Crippen LogP contribution is -2.37. The van der Waals surface area contributed by atoms with Gasteiger partial charge in [-0.2, -0.15) is 4.52 Å². The molecule has 1 unspecified atom stereocenters. The molecule has 0 fully saturated rings. The Balaban J connectivity index is 1.76. The van der Waals surface area contributed by atoms with Crippen molar-refractivity contribution in [1.29, 1.82) is 0 Å². The van der Waals surface area contributed by atoms with Gasteiger partial charge in [0.15, 0.2) is 10.2 Å². The Kier molecular flexibility index (Phi) is 6.48. The van der Waals surface area contributed by atoms with Gasteiger partial charge in [-0.1, -0.05) is 66.8 Å². The Bertz CT molecular complexity index is 973. The maximum atomic E-state index is 12.3. The van der Waals surface area contributed by atoms with E-state index in [1.165, 1.54) is 22.5 Å². The van der Waals surface area contributed by atoms with Crippen molar-refractivity contribution in [2.45, 2.75) is 63.3 Å². The van der Waals surface area contributed by atoms with Gasteiger partial charge in [-0.05, 0) is 39.2 Å². The van der Waals surface area contributed by atoms with Crippen LogP contribution in [0, 0.1) is 12.8 Å². The van der Waals surface area contributed by atoms with Crippen LogP contribution >= 0.6 is 23.1 Å². The largest absolute Gasteiger partial charge is 0.444 e. The van der Waals surface area contributed by atoms with E-state index in [0.717, 1.165) is 10.1 Å². The lowest BCUT2D eigenvalue weighted by atomic mass is 10.0. The van der Waals surface area contributed by atoms with Gasteiger partial charge in [-0.3, -0.25) is 0 Å². The van der Waals surface area contributed by atoms with Crippen LogP contribution in [0.25, 0.3) is 4.96 Å². The zero-order valence-corrected chi connectivity index (χ0v) is 19.2. The molecule has 0 saturated carbocycles. The number of ether oxygens (including phenoxy) is 1. The Labute approximate surface area is 179 Å². The summed E-state index contributed by atoms with van der Waals surface area (Å²) in [5, 5.41) is 16.1. The molecule has 0 bridgehead atoms. The predicted molar refractivity (Wildman–Crippen MR) is 116 cm³/mol. The first-order chi connectivity index (χ1) is 13.6. The monoisotopic (exact) mass is 433 g/mol. The number of aryl methyl sites for hydroxylation is 1. The van der Waals surface area contributed by atoms with Gasteiger partial charge in [-0.25, -0.2) is 4.79 Å². The van der Waals surface area contributed by atoms with Crippen LogP contribution in [0.15, 0.2) is 28.6 Å². The average Bonchev–Trinajstić information content (AvgIpc) is 3.18. The van der Waals surface area contributed by atoms with Gasteiger partial charge in [0.25, 0.3) is 0 Å². The van der Waals surface area contributed by atoms with Crippen LogP contribution in [0.1, 0.15) is 57.6 Å². The number of thioether (sulfide) groups is 1. The van der Waals surface area contributed by atoms with Crippen molar-refractivity contribution in [1.82, 2.24) is 25.1 Å². The Hall–Kier alpha value is -2.13. The summed E-state index contributed by atoms with van der Waals surface area (Å²) < 4.78 is 8.04. The van der Waals surface area contributed by atoms with Gasteiger partial charge in [0.05, 0.1) is 6.04 Å². The summed E-state index contributed by atoms with van der Waals surface area (Å²) in [6.07, 6.45) is -0.475. The maximum Gasteiger partial charge on any atom is 0.408 e. The molecular weight excluding hydrogens is 406 g/mol. The number of benzene rings is 1. The quantitative estimate of drug-likeness (QED) is 0.551. The molecule has 3 aromatic rings. The Morgan fingerprint density at radius 1 is 1.24 bits per heavy atom. The smallest absolute Gasteiger partial charge is 0.408 e. The highest BCUT2D eigenvalue weighted by Crippen LogP contribution is 2.30. The van der Waals surface area contributed by atoms with E-state index in [0.29, 0.717) is 10.8 Å². The molecule has 0 saturated heterocycles. The third-order valence-electron chi connectivity index (χ3n) is 4.10. The number of alkyl carbamates (subject to hydrolysis) is 1. The first kappa shape index (κ1) is 21.6. The molecular formula is C20H27N5O2S2. The number of rotatable bonds is 6. The lowest BCUT2D eigenvalue weighted by Gasteiger charge is -2.24. The molecule has 9 heteroatoms. The van der Waals surface area contributed by atoms with Crippen molar-refractivity contribution in [2.24, 2.45) is 5.92 Å². The standard InChI is InChI=1S/C20H27N5O2S2/c1-12(2)15(21-18(26)27-20(4,5)6)16-22-23-17-25(16)24-19(29-17)28-11-14-9-7-13(3)8-10-14/h7-10,12,15H,11H2,1-6H3,(H,21,26). The van der Waals surface area contributed by atoms with Crippen molar-refractivity contribution in [3.05, 3.63) is 41.2 Å². The van der Waals surface area contributed by atoms with Gasteiger partial charge in [0.1, 0.15) is 5.60 Å². The zero-order valence-electron chi connectivity index (χ0n) is 17.6. The number of nitrogens with zero attached hydrogens (tertiary/aromatic N) is 4. The fraction of sp³-hybridized carbons (Fsp3) is 0.500. The van der Waals surface area contributed by atoms with Gasteiger partial charge in [0.2, 0.25) is 4.96 Å². The lowest BCUT2D eigenvalue weighted by molar-refractivity contribution is 0.0486. The summed E-state index contributed by atoms with van der Waals surface area (Å²) in [5.74, 6) is 1.54. The minimum absolute atomic E-state index is 0.0975. The van der Waals surface area contributed by atoms with Crippen LogP contribution < -0.4 is 5.32 Å². The molecule has 0 aliphatic rings. The summed E-state index contributed by atoms with van der Waals surface area (Å²) in [5.41, 5.74) is 1.93. The van der Waals surface area contributed by atoms with E-state index in [1.54, 1.807) is 16.3 Å². The number of aromatic nitrogens is 4. The molecule has 0 aliphatic heterocycles. The second kappa shape index (κ2) is 8.71. The second-order valence-corrected chi connectivity index (χ2v) is 10.4. The molecule has 1 N–H and O–H groups in total. The molecule has 0 radical (unpaired) electrons. The number of hydrogen-bond acceptors (Lipinski definition) is 7. The van der Waals surface area contributed by atoms with Crippen molar-refractivity contribution in [2.75, 3.05) is 0 Å². The third-order valence-corrected chi connectivity index (χ3v) is 6.20. The molecule has 7 nitrogen and oxygen atoms in total. The van der Waals surface area contributed by atoms with E-state index in [-0.39, 0.29) is 12.0 Å². The molecule has 2 heterocycles. The summed E-state index contributed by atoms with van der Waals surface area (Å²) in [6, 6.07) is 8.14. The van der Waals surface area contributed by atoms with E-state index < -0.39 is 11.7 Å². The topological polar surface area (TPSA) is 81.4 Å². The van der Waals surface area contributed by atoms with Gasteiger partial charge >= 0.3 is 6.09 Å². The molecule has 1 amide bonds. The Morgan fingerprint density at radius 2 is 1.93 bits per heavy atom. The fourth-order valence-electron chi connectivity index (χ4n) is 2.66. The molecule has 1 aromatic carbocycles. The minimum atomic E-state index is -0.563. The molecule has 1 atom stereocenters. The number of nitrogens with one attached hydrogen (secondary N) is 1. The molecule has 156 valence electrons. The number of amides is 1. The molecule has 29 heavy (non-hydrogen) atoms. The summed E-state index contributed by atoms with van der Waals surface area (Å²) in [6.45, 7) is 11.6. The van der Waals surface area contributed by atoms with Crippen molar-refractivity contribution < 1.29 is 9.53 Å². The van der Waals surface area contributed by atoms with Crippen LogP contribution in [-0.4, -0.2) is 31.5 Å². The molecule has 0 spiro atoms. The second-order valence-electron chi connectivity index (χ2n) is 8.26. The number of carbonyl (C=O) groups excluding carboxylic acids is 1. The minimum Gasteiger partial charge on any atom is -0.444 e. The van der Waals surface area contributed by atoms with Crippen LogP contribution in [0.5, 0.6) is 0 Å². The van der Waals surface area contributed by atoms with Crippen LogP contribution in [0.4, 0.5) is 4.79 Å². The van der Waals surface area contributed by atoms with E-state index >= 15 is 0 Å². The van der Waals surface area contributed by atoms with Crippen molar-refractivity contribution >= 4 is 34.2 Å². The SMILES string of the molecule is Cc1ccc(CSc2nn3c(C(NC(=O)OC(C)(C)C)C(C)C)nnc3s2)cc1. The molecule has 3 rings (SSSR count). The van der Waals surface area contributed by atoms with E-state index in [1.807, 2.05) is 34.6 Å². The highest BCUT2D eigenvalue weighted by molar-refractivity contribution is 8.00. The van der Waals surface area contributed by atoms with Crippen LogP contribution in [0.3, 0.4) is 0 Å². The first-order valence-electron chi connectivity index (χ1n) is 9.52. The normalized spacial score (nSPS) is 13.1. The fourth-order valence-corrected chi connectivity index (χ4v) is 4.50. The molecule has 0 aliphatic carbocycles. The van der Waals surface area contributed by atoms with Crippen LogP contribution in [-0.2, 0) is 10.5 Å². The van der Waals surface area contributed by atoms with Gasteiger partial charge < -0.3 is 10.1 Å². The summed E-state index contributed by atoms with van der Waals surface area (Å²) >= 11 is 3.16. The van der Waals surface area contributed by atoms with Gasteiger partial charge in [-0.15, -0.1) is 15.3 Å². The third kappa shape index (κ3) is 5.70. The number of hydrogen-bond donors (Lipinski definition) is 1. The maximum absolute atomic E-state index is 12.3. The van der Waals surface area contributed by atoms with Crippen molar-refractivity contribution in [3.8, 4) is 0 Å². The highest BCUT2D eigenvalue weighted by atomic mass is 32.2. The van der Waals surface area contributed by atoms with E-state index in [9.17, 15) is 4.79 Å². The van der Waals surface area contributed by atoms with Crippen molar-refractivity contribution in [3.63, 3.8) is 0 Å². The first-order valence-corrected chi connectivity index (χ1v) is 11.3. The van der Waals surface area contributed by atoms with Gasteiger partial charge in [0, 0.05) is 5.75 Å². The number of carbonyl (C=O) groups is 1. The summed E-state index contributed by atoms with van der Waals surface area (Å²) in [4.78, 5) is 13.0. The predicted octanol–water partition coefficient (Wildman–Crippen LogP) is 5.01. The Morgan fingerprint density at radius 3 is 2.55 bits per heavy atom. The number of fused-ring (bicyclic) bond motifs is 1. The molecule has 2 aromatic heterocycles. The summed E-state index contributed by atoms with van der Waals surface area (Å²) in [7, 11) is 0.